The zero-order valence-electron chi connectivity index (χ0n) is 37.0. The zero-order chi connectivity index (χ0) is 44.4. The van der Waals surface area contributed by atoms with Crippen molar-refractivity contribution in [2.24, 2.45) is 0 Å². The average molecular weight is 891 g/mol. The van der Waals surface area contributed by atoms with Gasteiger partial charge in [-0.3, -0.25) is 0 Å². The van der Waals surface area contributed by atoms with Gasteiger partial charge in [0.25, 0.3) is 0 Å². The number of hydrogen-bond acceptors (Lipinski definition) is 3. The highest BCUT2D eigenvalue weighted by Gasteiger charge is 2.37. The summed E-state index contributed by atoms with van der Waals surface area (Å²) >= 11 is 3.83. The van der Waals surface area contributed by atoms with E-state index in [4.69, 9.17) is 0 Å². The molecule has 0 amide bonds. The van der Waals surface area contributed by atoms with Gasteiger partial charge >= 0.3 is 0 Å². The van der Waals surface area contributed by atoms with Crippen molar-refractivity contribution in [3.05, 3.63) is 230 Å². The standard InChI is InChI=1S/C63H42N2S2/c1-63(2)52-37-45(64(43-25-21-41(22-26-43)39-13-5-3-6-14-39)44-27-23-42(24-28-44)40-15-7-4-8-16-40)29-31-47(52)48-32-30-46(38-53(48)63)65-54-35-36-58-59(51-18-10-12-20-57(51)66-58)60(54)61-55(65)34-33-50-49-17-9-11-19-56(49)67-62(50)61/h3-38H,1-2H3. The van der Waals surface area contributed by atoms with Crippen LogP contribution in [-0.2, 0) is 5.41 Å². The molecule has 0 atom stereocenters. The molecular formula is C63H42N2S2. The summed E-state index contributed by atoms with van der Waals surface area (Å²) in [5, 5.41) is 8.06. The van der Waals surface area contributed by atoms with E-state index in [2.05, 4.69) is 242 Å². The van der Waals surface area contributed by atoms with Crippen molar-refractivity contribution in [1.82, 2.24) is 4.57 Å². The number of thiophene rings is 2. The molecule has 14 rings (SSSR count). The normalized spacial score (nSPS) is 13.0. The minimum absolute atomic E-state index is 0.259. The van der Waals surface area contributed by atoms with Crippen molar-refractivity contribution in [2.45, 2.75) is 19.3 Å². The highest BCUT2D eigenvalue weighted by molar-refractivity contribution is 7.27. The van der Waals surface area contributed by atoms with Crippen LogP contribution in [0.1, 0.15) is 25.0 Å². The van der Waals surface area contributed by atoms with Gasteiger partial charge in [-0.2, -0.15) is 0 Å². The minimum Gasteiger partial charge on any atom is -0.310 e. The predicted molar refractivity (Wildman–Crippen MR) is 290 cm³/mol. The van der Waals surface area contributed by atoms with Gasteiger partial charge in [0.1, 0.15) is 0 Å². The molecule has 0 saturated carbocycles. The molecule has 2 nitrogen and oxygen atoms in total. The number of hydrogen-bond donors (Lipinski definition) is 0. The lowest BCUT2D eigenvalue weighted by Crippen LogP contribution is -2.17. The second-order valence-electron chi connectivity index (χ2n) is 18.4. The molecule has 0 fully saturated rings. The van der Waals surface area contributed by atoms with Gasteiger partial charge in [0.05, 0.1) is 11.0 Å². The molecule has 13 aromatic rings. The van der Waals surface area contributed by atoms with E-state index in [1.807, 2.05) is 22.7 Å². The van der Waals surface area contributed by atoms with E-state index in [9.17, 15) is 0 Å². The lowest BCUT2D eigenvalue weighted by molar-refractivity contribution is 0.660. The van der Waals surface area contributed by atoms with Crippen LogP contribution in [0.25, 0.3) is 101 Å². The molecule has 0 bridgehead atoms. The zero-order valence-corrected chi connectivity index (χ0v) is 38.6. The predicted octanol–water partition coefficient (Wildman–Crippen LogP) is 18.6. The van der Waals surface area contributed by atoms with Gasteiger partial charge in [0.2, 0.25) is 0 Å². The van der Waals surface area contributed by atoms with Gasteiger partial charge in [-0.1, -0.05) is 153 Å². The average Bonchev–Trinajstić information content (AvgIpc) is 4.11. The molecule has 0 spiro atoms. The lowest BCUT2D eigenvalue weighted by atomic mass is 9.82. The Labute approximate surface area is 396 Å². The fourth-order valence-electron chi connectivity index (χ4n) is 11.2. The summed E-state index contributed by atoms with van der Waals surface area (Å²) in [6.07, 6.45) is 0. The van der Waals surface area contributed by atoms with E-state index >= 15 is 0 Å². The van der Waals surface area contributed by atoms with Crippen LogP contribution in [-0.4, -0.2) is 4.57 Å². The molecule has 0 saturated heterocycles. The lowest BCUT2D eigenvalue weighted by Gasteiger charge is -2.28. The van der Waals surface area contributed by atoms with E-state index in [1.54, 1.807) is 0 Å². The van der Waals surface area contributed by atoms with Crippen LogP contribution >= 0.6 is 22.7 Å². The quantitative estimate of drug-likeness (QED) is 0.161. The summed E-state index contributed by atoms with van der Waals surface area (Å²) in [4.78, 5) is 2.41. The second kappa shape index (κ2) is 14.6. The largest absolute Gasteiger partial charge is 0.310 e. The first-order valence-corrected chi connectivity index (χ1v) is 24.7. The summed E-state index contributed by atoms with van der Waals surface area (Å²) in [6.45, 7) is 4.82. The van der Waals surface area contributed by atoms with Crippen LogP contribution in [0, 0.1) is 0 Å². The van der Waals surface area contributed by atoms with Gasteiger partial charge in [0.15, 0.2) is 0 Å². The molecule has 4 heteroatoms. The molecule has 3 aromatic heterocycles. The number of aromatic nitrogens is 1. The van der Waals surface area contributed by atoms with Gasteiger partial charge in [0, 0.05) is 79.3 Å². The first-order valence-electron chi connectivity index (χ1n) is 23.1. The maximum atomic E-state index is 2.55. The molecule has 3 heterocycles. The Balaban J connectivity index is 0.924. The third-order valence-corrected chi connectivity index (χ3v) is 16.7. The van der Waals surface area contributed by atoms with Gasteiger partial charge in [-0.25, -0.2) is 0 Å². The van der Waals surface area contributed by atoms with Gasteiger partial charge in [-0.15, -0.1) is 22.7 Å². The van der Waals surface area contributed by atoms with E-state index < -0.39 is 0 Å². The Bertz CT molecular complexity index is 4010. The SMILES string of the molecule is CC1(C)c2cc(N(c3ccc(-c4ccccc4)cc3)c3ccc(-c4ccccc4)cc3)ccc2-c2ccc(-n3c4ccc5c6ccccc6sc5c4c4c5c(ccc43)sc3ccccc35)cc21. The Morgan fingerprint density at radius 3 is 1.57 bits per heavy atom. The molecule has 0 aliphatic heterocycles. The molecule has 0 unspecified atom stereocenters. The fourth-order valence-corrected chi connectivity index (χ4v) is 13.5. The molecule has 1 aliphatic rings. The Hall–Kier alpha value is -7.76. The third-order valence-electron chi connectivity index (χ3n) is 14.4. The summed E-state index contributed by atoms with van der Waals surface area (Å²) in [7, 11) is 0. The van der Waals surface area contributed by atoms with E-state index in [-0.39, 0.29) is 5.41 Å². The second-order valence-corrected chi connectivity index (χ2v) is 20.6. The first kappa shape index (κ1) is 38.5. The molecule has 1 aliphatic carbocycles. The van der Waals surface area contributed by atoms with E-state index in [0.717, 1.165) is 17.1 Å². The van der Waals surface area contributed by atoms with Gasteiger partial charge < -0.3 is 9.47 Å². The van der Waals surface area contributed by atoms with Crippen molar-refractivity contribution >= 4 is 102 Å². The molecule has 0 radical (unpaired) electrons. The number of fused-ring (bicyclic) bond motifs is 14. The van der Waals surface area contributed by atoms with Crippen LogP contribution in [0.2, 0.25) is 0 Å². The van der Waals surface area contributed by atoms with Crippen molar-refractivity contribution in [3.8, 4) is 39.1 Å². The topological polar surface area (TPSA) is 8.17 Å². The number of rotatable bonds is 6. The fraction of sp³-hybridized carbons (Fsp3) is 0.0476. The van der Waals surface area contributed by atoms with E-state index in [1.165, 1.54) is 112 Å². The van der Waals surface area contributed by atoms with Crippen LogP contribution in [0.15, 0.2) is 218 Å². The maximum Gasteiger partial charge on any atom is 0.0556 e. The Morgan fingerprint density at radius 2 is 0.896 bits per heavy atom. The van der Waals surface area contributed by atoms with Crippen LogP contribution in [0.5, 0.6) is 0 Å². The van der Waals surface area contributed by atoms with Crippen molar-refractivity contribution < 1.29 is 0 Å². The summed E-state index contributed by atoms with van der Waals surface area (Å²) in [5.74, 6) is 0. The highest BCUT2D eigenvalue weighted by Crippen LogP contribution is 2.53. The smallest absolute Gasteiger partial charge is 0.0556 e. The number of nitrogens with zero attached hydrogens (tertiary/aromatic N) is 2. The monoisotopic (exact) mass is 890 g/mol. The summed E-state index contributed by atoms with van der Waals surface area (Å²) in [6, 6.07) is 81.0. The molecule has 67 heavy (non-hydrogen) atoms. The van der Waals surface area contributed by atoms with Crippen molar-refractivity contribution in [3.63, 3.8) is 0 Å². The van der Waals surface area contributed by atoms with Crippen LogP contribution in [0.3, 0.4) is 0 Å². The first-order chi connectivity index (χ1) is 33.0. The number of benzene rings is 10. The Kier molecular flexibility index (Phi) is 8.40. The molecule has 10 aromatic carbocycles. The maximum absolute atomic E-state index is 2.55. The van der Waals surface area contributed by atoms with E-state index in [0.29, 0.717) is 0 Å². The van der Waals surface area contributed by atoms with Crippen LogP contribution in [0.4, 0.5) is 17.1 Å². The molecular weight excluding hydrogens is 849 g/mol. The molecule has 316 valence electrons. The third kappa shape index (κ3) is 5.80. The van der Waals surface area contributed by atoms with Crippen molar-refractivity contribution in [2.75, 3.05) is 4.90 Å². The summed E-state index contributed by atoms with van der Waals surface area (Å²) in [5.41, 5.74) is 16.9. The number of anilines is 3. The van der Waals surface area contributed by atoms with Gasteiger partial charge in [-0.05, 0) is 123 Å². The molecule has 0 N–H and O–H groups in total. The van der Waals surface area contributed by atoms with Crippen molar-refractivity contribution in [1.29, 1.82) is 0 Å². The Morgan fingerprint density at radius 1 is 0.373 bits per heavy atom. The van der Waals surface area contributed by atoms with Crippen LogP contribution < -0.4 is 4.90 Å². The highest BCUT2D eigenvalue weighted by atomic mass is 32.1. The summed E-state index contributed by atoms with van der Waals surface area (Å²) < 4.78 is 7.90. The minimum atomic E-state index is -0.259.